The summed E-state index contributed by atoms with van der Waals surface area (Å²) in [6.45, 7) is 0. The number of aryl methyl sites for hydroxylation is 2. The maximum atomic E-state index is 7.58. The topological polar surface area (TPSA) is 46.0 Å². The second-order valence-electron chi connectivity index (χ2n) is 4.02. The maximum Gasteiger partial charge on any atom is 0.144 e. The van der Waals surface area contributed by atoms with Crippen LogP contribution in [0.1, 0.15) is 11.3 Å². The van der Waals surface area contributed by atoms with Crippen LogP contribution in [-0.4, -0.2) is 12.1 Å². The first kappa shape index (κ1) is 12.3. The third-order valence-electron chi connectivity index (χ3n) is 2.76. The summed E-state index contributed by atoms with van der Waals surface area (Å²) in [5.41, 5.74) is 2.39. The SMILES string of the molecule is COc1ccccc1CCc1ccccc(=N)n1. The largest absolute Gasteiger partial charge is 0.496 e. The molecule has 3 nitrogen and oxygen atoms in total. The number of nitrogens with one attached hydrogen (secondary N) is 1. The second kappa shape index (κ2) is 5.96. The van der Waals surface area contributed by atoms with Crippen LogP contribution in [0.4, 0.5) is 0 Å². The summed E-state index contributed by atoms with van der Waals surface area (Å²) in [5, 5.41) is 7.58. The summed E-state index contributed by atoms with van der Waals surface area (Å²) in [4.78, 5) is 4.23. The van der Waals surface area contributed by atoms with Crippen molar-refractivity contribution < 1.29 is 4.74 Å². The van der Waals surface area contributed by atoms with Gasteiger partial charge >= 0.3 is 0 Å². The molecule has 0 aliphatic rings. The van der Waals surface area contributed by atoms with E-state index in [-0.39, 0.29) is 0 Å². The summed E-state index contributed by atoms with van der Waals surface area (Å²) >= 11 is 0. The highest BCUT2D eigenvalue weighted by molar-refractivity contribution is 5.33. The smallest absolute Gasteiger partial charge is 0.144 e. The molecule has 0 aliphatic heterocycles. The number of para-hydroxylation sites is 1. The van der Waals surface area contributed by atoms with Crippen molar-refractivity contribution in [3.8, 4) is 5.75 Å². The Kier molecular flexibility index (Phi) is 4.07. The molecule has 1 N–H and O–H groups in total. The highest BCUT2D eigenvalue weighted by Crippen LogP contribution is 2.18. The van der Waals surface area contributed by atoms with E-state index in [1.54, 1.807) is 13.2 Å². The zero-order chi connectivity index (χ0) is 12.8. The van der Waals surface area contributed by atoms with Crippen LogP contribution in [0.5, 0.6) is 5.75 Å². The van der Waals surface area contributed by atoms with Gasteiger partial charge in [-0.3, -0.25) is 5.41 Å². The van der Waals surface area contributed by atoms with E-state index < -0.39 is 0 Å². The number of nitrogens with zero attached hydrogens (tertiary/aromatic N) is 1. The lowest BCUT2D eigenvalue weighted by molar-refractivity contribution is 0.409. The van der Waals surface area contributed by atoms with E-state index in [0.29, 0.717) is 5.49 Å². The highest BCUT2D eigenvalue weighted by atomic mass is 16.5. The Morgan fingerprint density at radius 2 is 1.72 bits per heavy atom. The quantitative estimate of drug-likeness (QED) is 0.891. The molecule has 0 saturated heterocycles. The Balaban J connectivity index is 2.14. The van der Waals surface area contributed by atoms with Crippen molar-refractivity contribution in [3.05, 3.63) is 65.3 Å². The van der Waals surface area contributed by atoms with Crippen LogP contribution in [0.2, 0.25) is 0 Å². The standard InChI is InChI=1S/C15H16N2O/c1-18-14-8-4-2-6-12(14)10-11-13-7-3-5-9-15(16)17-13/h2-9,16H,10-11H2,1H3. The molecule has 0 atom stereocenters. The van der Waals surface area contributed by atoms with Gasteiger partial charge in [0.2, 0.25) is 0 Å². The first-order valence-corrected chi connectivity index (χ1v) is 5.92. The highest BCUT2D eigenvalue weighted by Gasteiger charge is 2.02. The molecule has 0 radical (unpaired) electrons. The van der Waals surface area contributed by atoms with E-state index in [2.05, 4.69) is 11.1 Å². The van der Waals surface area contributed by atoms with Gasteiger partial charge in [0.25, 0.3) is 0 Å². The van der Waals surface area contributed by atoms with Crippen molar-refractivity contribution in [1.29, 1.82) is 5.41 Å². The van der Waals surface area contributed by atoms with Gasteiger partial charge in [-0.1, -0.05) is 30.3 Å². The normalized spacial score (nSPS) is 10.1. The van der Waals surface area contributed by atoms with Crippen LogP contribution >= 0.6 is 0 Å². The minimum absolute atomic E-state index is 0.301. The molecule has 0 unspecified atom stereocenters. The molecular formula is C15H16N2O. The third-order valence-corrected chi connectivity index (χ3v) is 2.76. The van der Waals surface area contributed by atoms with E-state index in [9.17, 15) is 0 Å². The molecule has 18 heavy (non-hydrogen) atoms. The summed E-state index contributed by atoms with van der Waals surface area (Å²) in [6.07, 6.45) is 1.67. The van der Waals surface area contributed by atoms with Gasteiger partial charge in [-0.15, -0.1) is 0 Å². The van der Waals surface area contributed by atoms with Crippen molar-refractivity contribution in [2.45, 2.75) is 12.8 Å². The lowest BCUT2D eigenvalue weighted by Crippen LogP contribution is -2.04. The molecule has 2 rings (SSSR count). The van der Waals surface area contributed by atoms with Crippen LogP contribution in [0.25, 0.3) is 0 Å². The minimum atomic E-state index is 0.301. The first-order chi connectivity index (χ1) is 8.79. The van der Waals surface area contributed by atoms with Crippen molar-refractivity contribution in [2.75, 3.05) is 7.11 Å². The van der Waals surface area contributed by atoms with Crippen LogP contribution in [-0.2, 0) is 12.8 Å². The van der Waals surface area contributed by atoms with E-state index in [4.69, 9.17) is 10.1 Å². The van der Waals surface area contributed by atoms with Crippen molar-refractivity contribution >= 4 is 0 Å². The Morgan fingerprint density at radius 3 is 2.56 bits per heavy atom. The fourth-order valence-electron chi connectivity index (χ4n) is 1.85. The number of aromatic nitrogens is 1. The fraction of sp³-hybridized carbons (Fsp3) is 0.200. The second-order valence-corrected chi connectivity index (χ2v) is 4.02. The molecule has 0 saturated carbocycles. The van der Waals surface area contributed by atoms with Gasteiger partial charge in [0.05, 0.1) is 7.11 Å². The molecule has 0 spiro atoms. The van der Waals surface area contributed by atoms with E-state index in [1.165, 1.54) is 5.56 Å². The lowest BCUT2D eigenvalue weighted by Gasteiger charge is -2.06. The van der Waals surface area contributed by atoms with Crippen LogP contribution in [0, 0.1) is 5.41 Å². The van der Waals surface area contributed by atoms with Gasteiger partial charge < -0.3 is 4.74 Å². The number of rotatable bonds is 4. The summed E-state index contributed by atoms with van der Waals surface area (Å²) in [5.74, 6) is 0.906. The number of ether oxygens (including phenoxy) is 1. The van der Waals surface area contributed by atoms with Crippen LogP contribution in [0.3, 0.4) is 0 Å². The number of hydrogen-bond acceptors (Lipinski definition) is 3. The predicted octanol–water partition coefficient (Wildman–Crippen LogP) is 2.35. The van der Waals surface area contributed by atoms with Crippen molar-refractivity contribution in [2.24, 2.45) is 0 Å². The predicted molar refractivity (Wildman–Crippen MR) is 70.5 cm³/mol. The fourth-order valence-corrected chi connectivity index (χ4v) is 1.85. The molecule has 1 heterocycles. The molecule has 0 fully saturated rings. The minimum Gasteiger partial charge on any atom is -0.496 e. The zero-order valence-corrected chi connectivity index (χ0v) is 10.4. The van der Waals surface area contributed by atoms with Gasteiger partial charge in [0, 0.05) is 5.69 Å². The zero-order valence-electron chi connectivity index (χ0n) is 10.4. The molecule has 92 valence electrons. The molecule has 0 amide bonds. The van der Waals surface area contributed by atoms with Gasteiger partial charge in [-0.05, 0) is 36.6 Å². The Labute approximate surface area is 107 Å². The van der Waals surface area contributed by atoms with E-state index >= 15 is 0 Å². The molecule has 1 aromatic heterocycles. The number of hydrogen-bond donors (Lipinski definition) is 1. The van der Waals surface area contributed by atoms with Gasteiger partial charge in [-0.25, -0.2) is 4.98 Å². The lowest BCUT2D eigenvalue weighted by atomic mass is 10.1. The third kappa shape index (κ3) is 3.17. The van der Waals surface area contributed by atoms with Gasteiger partial charge in [-0.2, -0.15) is 0 Å². The molecule has 3 heteroatoms. The van der Waals surface area contributed by atoms with Gasteiger partial charge in [0.1, 0.15) is 11.2 Å². The molecule has 2 aromatic rings. The van der Waals surface area contributed by atoms with E-state index in [1.807, 2.05) is 36.4 Å². The first-order valence-electron chi connectivity index (χ1n) is 5.92. The Hall–Kier alpha value is -2.16. The van der Waals surface area contributed by atoms with Gasteiger partial charge in [0.15, 0.2) is 0 Å². The summed E-state index contributed by atoms with van der Waals surface area (Å²) in [7, 11) is 1.68. The number of benzene rings is 1. The maximum absolute atomic E-state index is 7.58. The monoisotopic (exact) mass is 240 g/mol. The number of methoxy groups -OCH3 is 1. The molecule has 1 aromatic carbocycles. The van der Waals surface area contributed by atoms with Crippen LogP contribution < -0.4 is 10.2 Å². The molecular weight excluding hydrogens is 224 g/mol. The average Bonchev–Trinajstić information content (AvgIpc) is 2.61. The molecule has 0 bridgehead atoms. The van der Waals surface area contributed by atoms with Crippen molar-refractivity contribution in [3.63, 3.8) is 0 Å². The summed E-state index contributed by atoms with van der Waals surface area (Å²) in [6, 6.07) is 15.4. The summed E-state index contributed by atoms with van der Waals surface area (Å²) < 4.78 is 5.32. The van der Waals surface area contributed by atoms with Crippen molar-refractivity contribution in [1.82, 2.24) is 4.98 Å². The van der Waals surface area contributed by atoms with E-state index in [0.717, 1.165) is 24.3 Å². The van der Waals surface area contributed by atoms with Crippen LogP contribution in [0.15, 0.2) is 48.5 Å². The Bertz CT molecular complexity index is 581. The Morgan fingerprint density at radius 1 is 1.00 bits per heavy atom. The average molecular weight is 240 g/mol. The molecule has 0 aliphatic carbocycles.